The van der Waals surface area contributed by atoms with Gasteiger partial charge in [-0.3, -0.25) is 9.59 Å². The largest absolute Gasteiger partial charge is 0.352 e. The summed E-state index contributed by atoms with van der Waals surface area (Å²) in [6.45, 7) is 13.7. The molecule has 5 nitrogen and oxygen atoms in total. The van der Waals surface area contributed by atoms with Gasteiger partial charge in [0.2, 0.25) is 5.91 Å². The molecule has 0 aliphatic carbocycles. The highest BCUT2D eigenvalue weighted by Gasteiger charge is 2.20. The van der Waals surface area contributed by atoms with Gasteiger partial charge in [0.1, 0.15) is 0 Å². The second-order valence-electron chi connectivity index (χ2n) is 6.92. The zero-order valence-corrected chi connectivity index (χ0v) is 15.6. The van der Waals surface area contributed by atoms with Crippen LogP contribution in [-0.4, -0.2) is 42.9 Å². The van der Waals surface area contributed by atoms with E-state index in [2.05, 4.69) is 29.4 Å². The summed E-state index contributed by atoms with van der Waals surface area (Å²) in [5.41, 5.74) is 1.13. The van der Waals surface area contributed by atoms with Crippen molar-refractivity contribution in [1.29, 1.82) is 0 Å². The van der Waals surface area contributed by atoms with Gasteiger partial charge in [-0.15, -0.1) is 0 Å². The first-order valence-electron chi connectivity index (χ1n) is 8.65. The third-order valence-electron chi connectivity index (χ3n) is 3.93. The van der Waals surface area contributed by atoms with Crippen molar-refractivity contribution in [2.45, 2.75) is 41.2 Å². The Kier molecular flexibility index (Phi) is 7.92. The fourth-order valence-corrected chi connectivity index (χ4v) is 2.24. The molecule has 2 N–H and O–H groups in total. The first kappa shape index (κ1) is 20.2. The standard InChI is InChI=1S/C19H31N3O2/c1-6-22(7-2)12-11-20-17(23)16-10-8-9-15(13-16)14-21-18(24)19(3,4)5/h8-10,13H,6-7,11-12,14H2,1-5H3,(H,20,23)(H,21,24). The Balaban J connectivity index is 2.55. The van der Waals surface area contributed by atoms with Crippen LogP contribution in [0, 0.1) is 5.41 Å². The van der Waals surface area contributed by atoms with Gasteiger partial charge in [0.15, 0.2) is 0 Å². The average molecular weight is 333 g/mol. The van der Waals surface area contributed by atoms with E-state index in [0.29, 0.717) is 18.7 Å². The summed E-state index contributed by atoms with van der Waals surface area (Å²) in [6.07, 6.45) is 0. The highest BCUT2D eigenvalue weighted by molar-refractivity contribution is 5.94. The lowest BCUT2D eigenvalue weighted by molar-refractivity contribution is -0.128. The molecule has 1 rings (SSSR count). The van der Waals surface area contributed by atoms with Crippen molar-refractivity contribution in [2.24, 2.45) is 5.41 Å². The second kappa shape index (κ2) is 9.42. The number of hydrogen-bond acceptors (Lipinski definition) is 3. The summed E-state index contributed by atoms with van der Waals surface area (Å²) < 4.78 is 0. The fourth-order valence-electron chi connectivity index (χ4n) is 2.24. The van der Waals surface area contributed by atoms with Gasteiger partial charge in [0.05, 0.1) is 0 Å². The van der Waals surface area contributed by atoms with Crippen LogP contribution in [0.2, 0.25) is 0 Å². The Morgan fingerprint density at radius 1 is 1.08 bits per heavy atom. The number of nitrogens with zero attached hydrogens (tertiary/aromatic N) is 1. The summed E-state index contributed by atoms with van der Waals surface area (Å²) in [5.74, 6) is -0.0808. The second-order valence-corrected chi connectivity index (χ2v) is 6.92. The highest BCUT2D eigenvalue weighted by atomic mass is 16.2. The predicted molar refractivity (Wildman–Crippen MR) is 97.9 cm³/mol. The maximum Gasteiger partial charge on any atom is 0.251 e. The van der Waals surface area contributed by atoms with Crippen molar-refractivity contribution in [3.8, 4) is 0 Å². The highest BCUT2D eigenvalue weighted by Crippen LogP contribution is 2.13. The van der Waals surface area contributed by atoms with Crippen LogP contribution in [0.15, 0.2) is 24.3 Å². The van der Waals surface area contributed by atoms with E-state index in [1.165, 1.54) is 0 Å². The number of amides is 2. The van der Waals surface area contributed by atoms with E-state index in [4.69, 9.17) is 0 Å². The Morgan fingerprint density at radius 2 is 1.75 bits per heavy atom. The number of hydrogen-bond donors (Lipinski definition) is 2. The van der Waals surface area contributed by atoms with Crippen LogP contribution >= 0.6 is 0 Å². The molecule has 0 aromatic heterocycles. The summed E-state index contributed by atoms with van der Waals surface area (Å²) in [5, 5.41) is 5.85. The van der Waals surface area contributed by atoms with Crippen molar-refractivity contribution in [3.05, 3.63) is 35.4 Å². The predicted octanol–water partition coefficient (Wildman–Crippen LogP) is 2.42. The van der Waals surface area contributed by atoms with Crippen LogP contribution in [0.4, 0.5) is 0 Å². The first-order valence-corrected chi connectivity index (χ1v) is 8.65. The molecule has 2 amide bonds. The van der Waals surface area contributed by atoms with Gasteiger partial charge >= 0.3 is 0 Å². The van der Waals surface area contributed by atoms with Gasteiger partial charge in [-0.1, -0.05) is 46.8 Å². The molecule has 24 heavy (non-hydrogen) atoms. The molecule has 0 atom stereocenters. The van der Waals surface area contributed by atoms with Gasteiger partial charge in [0.25, 0.3) is 5.91 Å². The molecular formula is C19H31N3O2. The molecule has 0 fully saturated rings. The Bertz CT molecular complexity index is 546. The van der Waals surface area contributed by atoms with E-state index in [9.17, 15) is 9.59 Å². The van der Waals surface area contributed by atoms with Crippen LogP contribution in [-0.2, 0) is 11.3 Å². The normalized spacial score (nSPS) is 11.4. The Labute approximate surface area is 145 Å². The number of nitrogens with one attached hydrogen (secondary N) is 2. The van der Waals surface area contributed by atoms with Crippen molar-refractivity contribution in [2.75, 3.05) is 26.2 Å². The third-order valence-corrected chi connectivity index (χ3v) is 3.93. The maximum absolute atomic E-state index is 12.2. The van der Waals surface area contributed by atoms with Crippen LogP contribution < -0.4 is 10.6 Å². The van der Waals surface area contributed by atoms with E-state index >= 15 is 0 Å². The van der Waals surface area contributed by atoms with Crippen molar-refractivity contribution in [1.82, 2.24) is 15.5 Å². The van der Waals surface area contributed by atoms with Crippen LogP contribution in [0.25, 0.3) is 0 Å². The number of rotatable bonds is 8. The van der Waals surface area contributed by atoms with Crippen LogP contribution in [0.3, 0.4) is 0 Å². The zero-order chi connectivity index (χ0) is 18.2. The molecule has 1 aromatic carbocycles. The van der Waals surface area contributed by atoms with Crippen LogP contribution in [0.5, 0.6) is 0 Å². The first-order chi connectivity index (χ1) is 11.3. The molecule has 0 saturated carbocycles. The molecule has 0 unspecified atom stereocenters. The molecule has 0 radical (unpaired) electrons. The molecule has 5 heteroatoms. The molecule has 0 saturated heterocycles. The van der Waals surface area contributed by atoms with Crippen molar-refractivity contribution >= 4 is 11.8 Å². The molecule has 134 valence electrons. The summed E-state index contributed by atoms with van der Waals surface area (Å²) in [4.78, 5) is 26.4. The fraction of sp³-hybridized carbons (Fsp3) is 0.579. The average Bonchev–Trinajstić information content (AvgIpc) is 2.55. The molecule has 0 aliphatic heterocycles. The topological polar surface area (TPSA) is 61.4 Å². The Morgan fingerprint density at radius 3 is 2.33 bits per heavy atom. The molecule has 1 aromatic rings. The minimum Gasteiger partial charge on any atom is -0.352 e. The van der Waals surface area contributed by atoms with E-state index in [1.807, 2.05) is 39.0 Å². The summed E-state index contributed by atoms with van der Waals surface area (Å²) >= 11 is 0. The minimum atomic E-state index is -0.417. The lowest BCUT2D eigenvalue weighted by atomic mass is 9.95. The number of carbonyl (C=O) groups excluding carboxylic acids is 2. The monoisotopic (exact) mass is 333 g/mol. The van der Waals surface area contributed by atoms with E-state index in [-0.39, 0.29) is 11.8 Å². The smallest absolute Gasteiger partial charge is 0.251 e. The van der Waals surface area contributed by atoms with Gasteiger partial charge in [-0.05, 0) is 30.8 Å². The quantitative estimate of drug-likeness (QED) is 0.768. The summed E-state index contributed by atoms with van der Waals surface area (Å²) in [7, 11) is 0. The van der Waals surface area contributed by atoms with Gasteiger partial charge in [-0.2, -0.15) is 0 Å². The van der Waals surface area contributed by atoms with Gasteiger partial charge < -0.3 is 15.5 Å². The van der Waals surface area contributed by atoms with E-state index < -0.39 is 5.41 Å². The minimum absolute atomic E-state index is 0.00317. The molecule has 0 spiro atoms. The number of likely N-dealkylation sites (N-methyl/N-ethyl adjacent to an activating group) is 1. The summed E-state index contributed by atoms with van der Waals surface area (Å²) in [6, 6.07) is 7.38. The SMILES string of the molecule is CCN(CC)CCNC(=O)c1cccc(CNC(=O)C(C)(C)C)c1. The van der Waals surface area contributed by atoms with Crippen molar-refractivity contribution in [3.63, 3.8) is 0 Å². The van der Waals surface area contributed by atoms with Crippen molar-refractivity contribution < 1.29 is 9.59 Å². The lowest BCUT2D eigenvalue weighted by Gasteiger charge is -2.18. The maximum atomic E-state index is 12.2. The zero-order valence-electron chi connectivity index (χ0n) is 15.6. The molecular weight excluding hydrogens is 302 g/mol. The lowest BCUT2D eigenvalue weighted by Crippen LogP contribution is -2.35. The van der Waals surface area contributed by atoms with E-state index in [0.717, 1.165) is 25.2 Å². The van der Waals surface area contributed by atoms with E-state index in [1.54, 1.807) is 6.07 Å². The molecule has 0 bridgehead atoms. The third kappa shape index (κ3) is 6.71. The van der Waals surface area contributed by atoms with Gasteiger partial charge in [0, 0.05) is 30.6 Å². The van der Waals surface area contributed by atoms with Crippen LogP contribution in [0.1, 0.15) is 50.5 Å². The Hall–Kier alpha value is -1.88. The number of carbonyl (C=O) groups is 2. The van der Waals surface area contributed by atoms with Gasteiger partial charge in [-0.25, -0.2) is 0 Å². The molecule has 0 heterocycles. The number of benzene rings is 1. The molecule has 0 aliphatic rings.